The molecule has 0 aliphatic carbocycles. The number of nitrogens with two attached hydrogens (primary N) is 1. The van der Waals surface area contributed by atoms with E-state index in [1.165, 1.54) is 14.2 Å². The first-order chi connectivity index (χ1) is 9.94. The highest BCUT2D eigenvalue weighted by atomic mass is 35.5. The lowest BCUT2D eigenvalue weighted by Gasteiger charge is -2.29. The summed E-state index contributed by atoms with van der Waals surface area (Å²) in [6.45, 7) is 2.36. The van der Waals surface area contributed by atoms with E-state index in [4.69, 9.17) is 10.5 Å². The standard InChI is InChI=1S/C15H22N2O4.ClH/c1-15(10-20-2,8-13(18)21-3)17-14(19)12-6-4-11(9-16)5-7-12;/h4-7H,8-10,16H2,1-3H3,(H,17,19);1H. The average Bonchev–Trinajstić information content (AvgIpc) is 2.47. The molecule has 1 rings (SSSR count). The van der Waals surface area contributed by atoms with Crippen LogP contribution in [0.25, 0.3) is 0 Å². The van der Waals surface area contributed by atoms with Crippen molar-refractivity contribution < 1.29 is 19.1 Å². The fourth-order valence-corrected chi connectivity index (χ4v) is 1.98. The van der Waals surface area contributed by atoms with E-state index in [9.17, 15) is 9.59 Å². The topological polar surface area (TPSA) is 90.6 Å². The molecule has 124 valence electrons. The SMILES string of the molecule is COCC(C)(CC(=O)OC)NC(=O)c1ccc(CN)cc1.Cl. The van der Waals surface area contributed by atoms with Crippen molar-refractivity contribution in [3.05, 3.63) is 35.4 Å². The van der Waals surface area contributed by atoms with Crippen molar-refractivity contribution in [1.82, 2.24) is 5.32 Å². The first-order valence-electron chi connectivity index (χ1n) is 6.61. The summed E-state index contributed by atoms with van der Waals surface area (Å²) in [4.78, 5) is 23.7. The molecule has 0 fully saturated rings. The van der Waals surface area contributed by atoms with Crippen LogP contribution in [0.3, 0.4) is 0 Å². The van der Waals surface area contributed by atoms with Crippen molar-refractivity contribution in [1.29, 1.82) is 0 Å². The van der Waals surface area contributed by atoms with Crippen molar-refractivity contribution in [2.45, 2.75) is 25.4 Å². The highest BCUT2D eigenvalue weighted by molar-refractivity contribution is 5.95. The molecule has 1 amide bonds. The second-order valence-corrected chi connectivity index (χ2v) is 5.10. The maximum Gasteiger partial charge on any atom is 0.307 e. The van der Waals surface area contributed by atoms with E-state index in [0.29, 0.717) is 12.1 Å². The number of rotatable bonds is 7. The van der Waals surface area contributed by atoms with Gasteiger partial charge in [0.1, 0.15) is 0 Å². The van der Waals surface area contributed by atoms with Gasteiger partial charge < -0.3 is 20.5 Å². The Morgan fingerprint density at radius 1 is 1.23 bits per heavy atom. The van der Waals surface area contributed by atoms with E-state index in [1.807, 2.05) is 0 Å². The third-order valence-corrected chi connectivity index (χ3v) is 3.09. The van der Waals surface area contributed by atoms with Gasteiger partial charge in [0.05, 0.1) is 25.7 Å². The van der Waals surface area contributed by atoms with Gasteiger partial charge in [-0.3, -0.25) is 9.59 Å². The van der Waals surface area contributed by atoms with Gasteiger partial charge in [-0.1, -0.05) is 12.1 Å². The molecule has 1 atom stereocenters. The quantitative estimate of drug-likeness (QED) is 0.735. The summed E-state index contributed by atoms with van der Waals surface area (Å²) in [5.41, 5.74) is 6.14. The van der Waals surface area contributed by atoms with Crippen LogP contribution in [0.4, 0.5) is 0 Å². The third-order valence-electron chi connectivity index (χ3n) is 3.09. The Hall–Kier alpha value is -1.63. The molecule has 1 unspecified atom stereocenters. The smallest absolute Gasteiger partial charge is 0.307 e. The molecule has 6 nitrogen and oxygen atoms in total. The normalized spacial score (nSPS) is 12.7. The van der Waals surface area contributed by atoms with Gasteiger partial charge in [0.15, 0.2) is 0 Å². The van der Waals surface area contributed by atoms with Gasteiger partial charge in [-0.15, -0.1) is 12.4 Å². The highest BCUT2D eigenvalue weighted by Gasteiger charge is 2.30. The molecule has 1 aromatic rings. The number of carbonyl (C=O) groups is 2. The van der Waals surface area contributed by atoms with Crippen LogP contribution in [0.1, 0.15) is 29.3 Å². The van der Waals surface area contributed by atoms with Crippen LogP contribution in [0.5, 0.6) is 0 Å². The van der Waals surface area contributed by atoms with Crippen molar-refractivity contribution in [3.63, 3.8) is 0 Å². The molecule has 0 aliphatic rings. The molecular formula is C15H23ClN2O4. The second-order valence-electron chi connectivity index (χ2n) is 5.10. The summed E-state index contributed by atoms with van der Waals surface area (Å²) in [6, 6.07) is 6.98. The van der Waals surface area contributed by atoms with Gasteiger partial charge in [0, 0.05) is 19.2 Å². The van der Waals surface area contributed by atoms with E-state index >= 15 is 0 Å². The van der Waals surface area contributed by atoms with Crippen LogP contribution in [0, 0.1) is 0 Å². The van der Waals surface area contributed by atoms with Crippen molar-refractivity contribution in [2.24, 2.45) is 5.73 Å². The minimum atomic E-state index is -0.828. The molecule has 22 heavy (non-hydrogen) atoms. The Morgan fingerprint density at radius 2 is 1.82 bits per heavy atom. The molecular weight excluding hydrogens is 308 g/mol. The van der Waals surface area contributed by atoms with E-state index in [1.54, 1.807) is 31.2 Å². The van der Waals surface area contributed by atoms with Crippen LogP contribution in [-0.2, 0) is 20.8 Å². The number of methoxy groups -OCH3 is 2. The predicted octanol–water partition coefficient (Wildman–Crippen LogP) is 1.27. The van der Waals surface area contributed by atoms with Gasteiger partial charge in [0.25, 0.3) is 5.91 Å². The van der Waals surface area contributed by atoms with E-state index < -0.39 is 11.5 Å². The summed E-state index contributed by atoms with van der Waals surface area (Å²) < 4.78 is 9.74. The lowest BCUT2D eigenvalue weighted by atomic mass is 9.98. The van der Waals surface area contributed by atoms with Crippen LogP contribution in [0.2, 0.25) is 0 Å². The van der Waals surface area contributed by atoms with Gasteiger partial charge in [0.2, 0.25) is 0 Å². The van der Waals surface area contributed by atoms with Crippen molar-refractivity contribution in [3.8, 4) is 0 Å². The number of hydrogen-bond donors (Lipinski definition) is 2. The fraction of sp³-hybridized carbons (Fsp3) is 0.467. The van der Waals surface area contributed by atoms with E-state index in [2.05, 4.69) is 10.1 Å². The van der Waals surface area contributed by atoms with Crippen LogP contribution < -0.4 is 11.1 Å². The number of nitrogens with one attached hydrogen (secondary N) is 1. The van der Waals surface area contributed by atoms with Crippen molar-refractivity contribution >= 4 is 24.3 Å². The largest absolute Gasteiger partial charge is 0.469 e. The zero-order valence-electron chi connectivity index (χ0n) is 13.0. The van der Waals surface area contributed by atoms with Crippen LogP contribution in [-0.4, -0.2) is 38.2 Å². The summed E-state index contributed by atoms with van der Waals surface area (Å²) in [7, 11) is 2.82. The van der Waals surface area contributed by atoms with E-state index in [0.717, 1.165) is 5.56 Å². The van der Waals surface area contributed by atoms with Crippen LogP contribution >= 0.6 is 12.4 Å². The number of esters is 1. The number of hydrogen-bond acceptors (Lipinski definition) is 5. The number of benzene rings is 1. The fourth-order valence-electron chi connectivity index (χ4n) is 1.98. The number of carbonyl (C=O) groups excluding carboxylic acids is 2. The average molecular weight is 331 g/mol. The van der Waals surface area contributed by atoms with E-state index in [-0.39, 0.29) is 31.3 Å². The Bertz CT molecular complexity index is 493. The molecule has 0 heterocycles. The number of amides is 1. The second kappa shape index (κ2) is 9.40. The predicted molar refractivity (Wildman–Crippen MR) is 86.0 cm³/mol. The molecule has 7 heteroatoms. The Kier molecular flexibility index (Phi) is 8.70. The Morgan fingerprint density at radius 3 is 2.27 bits per heavy atom. The molecule has 0 bridgehead atoms. The zero-order chi connectivity index (χ0) is 15.9. The summed E-state index contributed by atoms with van der Waals surface area (Å²) in [5, 5.41) is 2.82. The molecule has 0 aromatic heterocycles. The van der Waals surface area contributed by atoms with Crippen molar-refractivity contribution in [2.75, 3.05) is 20.8 Å². The molecule has 0 aliphatic heterocycles. The lowest BCUT2D eigenvalue weighted by Crippen LogP contribution is -2.50. The maximum absolute atomic E-state index is 12.3. The monoisotopic (exact) mass is 330 g/mol. The Labute approximate surface area is 136 Å². The number of halogens is 1. The molecule has 3 N–H and O–H groups in total. The third kappa shape index (κ3) is 6.01. The lowest BCUT2D eigenvalue weighted by molar-refractivity contribution is -0.142. The molecule has 0 radical (unpaired) electrons. The summed E-state index contributed by atoms with van der Waals surface area (Å²) in [6.07, 6.45) is 0.0317. The minimum Gasteiger partial charge on any atom is -0.469 e. The molecule has 0 spiro atoms. The maximum atomic E-state index is 12.3. The first-order valence-corrected chi connectivity index (χ1v) is 6.61. The van der Waals surface area contributed by atoms with Gasteiger partial charge >= 0.3 is 5.97 Å². The van der Waals surface area contributed by atoms with Gasteiger partial charge in [-0.25, -0.2) is 0 Å². The zero-order valence-corrected chi connectivity index (χ0v) is 13.9. The number of ether oxygens (including phenoxy) is 2. The Balaban J connectivity index is 0.00000441. The van der Waals surface area contributed by atoms with Gasteiger partial charge in [-0.05, 0) is 24.6 Å². The summed E-state index contributed by atoms with van der Waals surface area (Å²) >= 11 is 0. The molecule has 0 saturated carbocycles. The highest BCUT2D eigenvalue weighted by Crippen LogP contribution is 2.13. The van der Waals surface area contributed by atoms with Gasteiger partial charge in [-0.2, -0.15) is 0 Å². The molecule has 1 aromatic carbocycles. The first kappa shape index (κ1) is 20.4. The molecule has 0 saturated heterocycles. The minimum absolute atomic E-state index is 0. The van der Waals surface area contributed by atoms with Crippen LogP contribution in [0.15, 0.2) is 24.3 Å². The summed E-state index contributed by atoms with van der Waals surface area (Å²) in [5.74, 6) is -0.685.